The molecule has 8 nitrogen and oxygen atoms in total. The Morgan fingerprint density at radius 3 is 2.50 bits per heavy atom. The van der Waals surface area contributed by atoms with Gasteiger partial charge in [-0.25, -0.2) is 13.5 Å². The molecule has 0 spiro atoms. The summed E-state index contributed by atoms with van der Waals surface area (Å²) in [6.07, 6.45) is -0.443. The lowest BCUT2D eigenvalue weighted by molar-refractivity contribution is -0.386. The summed E-state index contributed by atoms with van der Waals surface area (Å²) in [7, 11) is -2.13. The summed E-state index contributed by atoms with van der Waals surface area (Å²) in [5.41, 5.74) is 0.382. The van der Waals surface area contributed by atoms with Crippen LogP contribution in [0.2, 0.25) is 18.1 Å². The van der Waals surface area contributed by atoms with Crippen molar-refractivity contribution >= 4 is 14.0 Å². The minimum atomic E-state index is -2.13. The summed E-state index contributed by atoms with van der Waals surface area (Å²) < 4.78 is 40.4. The third-order valence-corrected chi connectivity index (χ3v) is 9.82. The van der Waals surface area contributed by atoms with Crippen molar-refractivity contribution in [3.8, 4) is 11.6 Å². The van der Waals surface area contributed by atoms with Crippen molar-refractivity contribution in [3.05, 3.63) is 39.6 Å². The molecule has 30 heavy (non-hydrogen) atoms. The van der Waals surface area contributed by atoms with E-state index in [4.69, 9.17) is 9.16 Å². The summed E-state index contributed by atoms with van der Waals surface area (Å²) in [6, 6.07) is 1.17. The Morgan fingerprint density at radius 2 is 1.93 bits per heavy atom. The van der Waals surface area contributed by atoms with Crippen LogP contribution >= 0.6 is 0 Å². The van der Waals surface area contributed by atoms with E-state index in [2.05, 4.69) is 10.1 Å². The normalized spacial score (nSPS) is 13.4. The topological polar surface area (TPSA) is 92.3 Å². The van der Waals surface area contributed by atoms with E-state index in [0.717, 1.165) is 6.20 Å². The molecule has 0 N–H and O–H groups in total. The first-order chi connectivity index (χ1) is 13.7. The molecule has 0 aromatic carbocycles. The number of hydrogen-bond acceptors (Lipinski definition) is 6. The third kappa shape index (κ3) is 5.20. The highest BCUT2D eigenvalue weighted by Gasteiger charge is 2.38. The first kappa shape index (κ1) is 23.9. The van der Waals surface area contributed by atoms with Crippen LogP contribution in [0.5, 0.6) is 5.88 Å². The lowest BCUT2D eigenvalue weighted by Crippen LogP contribution is -2.42. The van der Waals surface area contributed by atoms with Crippen LogP contribution in [0.3, 0.4) is 0 Å². The van der Waals surface area contributed by atoms with Crippen LogP contribution in [0.4, 0.5) is 14.5 Å². The van der Waals surface area contributed by atoms with E-state index in [1.54, 1.807) is 6.92 Å². The van der Waals surface area contributed by atoms with Crippen molar-refractivity contribution < 1.29 is 22.9 Å². The van der Waals surface area contributed by atoms with E-state index in [-0.39, 0.29) is 28.9 Å². The highest BCUT2D eigenvalue weighted by atomic mass is 28.4. The average Bonchev–Trinajstić information content (AvgIpc) is 2.95. The molecule has 1 atom stereocenters. The molecule has 2 aromatic heterocycles. The van der Waals surface area contributed by atoms with Gasteiger partial charge in [0.2, 0.25) is 0 Å². The number of nitrogens with zero attached hydrogens (tertiary/aromatic N) is 4. The number of nitro groups is 1. The Kier molecular flexibility index (Phi) is 6.97. The molecule has 0 fully saturated rings. The molecular formula is C19H28F2N4O4Si. The van der Waals surface area contributed by atoms with Gasteiger partial charge in [0.05, 0.1) is 29.1 Å². The molecule has 0 saturated carbocycles. The van der Waals surface area contributed by atoms with E-state index in [9.17, 15) is 18.9 Å². The van der Waals surface area contributed by atoms with Gasteiger partial charge in [-0.1, -0.05) is 20.8 Å². The fraction of sp³-hybridized carbons (Fsp3) is 0.579. The second-order valence-electron chi connectivity index (χ2n) is 8.65. The minimum Gasteiger partial charge on any atom is -0.469 e. The van der Waals surface area contributed by atoms with Gasteiger partial charge in [0.1, 0.15) is 18.1 Å². The monoisotopic (exact) mass is 442 g/mol. The Bertz CT molecular complexity index is 928. The highest BCUT2D eigenvalue weighted by molar-refractivity contribution is 6.74. The number of aryl methyl sites for hydroxylation is 1. The fourth-order valence-corrected chi connectivity index (χ4v) is 3.48. The Hall–Kier alpha value is -2.40. The molecular weight excluding hydrogens is 414 g/mol. The maximum absolute atomic E-state index is 14.4. The van der Waals surface area contributed by atoms with E-state index in [1.807, 2.05) is 33.9 Å². The Labute approximate surface area is 175 Å². The summed E-state index contributed by atoms with van der Waals surface area (Å²) in [4.78, 5) is 14.8. The molecule has 2 rings (SSSR count). The lowest BCUT2D eigenvalue weighted by Gasteiger charge is -2.36. The molecule has 2 heterocycles. The summed E-state index contributed by atoms with van der Waals surface area (Å²) in [6.45, 7) is 12.6. The fourth-order valence-electron chi connectivity index (χ4n) is 2.45. The van der Waals surface area contributed by atoms with Crippen LogP contribution in [0.15, 0.2) is 12.3 Å². The van der Waals surface area contributed by atoms with Gasteiger partial charge >= 0.3 is 11.6 Å². The van der Waals surface area contributed by atoms with E-state index < -0.39 is 37.5 Å². The maximum atomic E-state index is 14.4. The average molecular weight is 443 g/mol. The zero-order chi connectivity index (χ0) is 22.9. The SMILES string of the molecule is Cc1ncc(F)cc1-n1nc(OC[C@@H](F)CO[Si](C)(C)C(C)(C)C)c([N+](=O)[O-])c1C. The number of hydrogen-bond donors (Lipinski definition) is 0. The Morgan fingerprint density at radius 1 is 1.30 bits per heavy atom. The predicted molar refractivity (Wildman–Crippen MR) is 111 cm³/mol. The standard InChI is InChI=1S/C19H28F2N4O4Si/c1-12-16(8-14(20)9-22-12)24-13(2)17(25(26)27)18(23-24)28-10-15(21)11-29-30(6,7)19(3,4)5/h8-9,15H,10-11H2,1-7H3/t15-/m1/s1. The molecule has 166 valence electrons. The third-order valence-electron chi connectivity index (χ3n) is 5.32. The Balaban J connectivity index is 2.20. The summed E-state index contributed by atoms with van der Waals surface area (Å²) in [5.74, 6) is -0.946. The van der Waals surface area contributed by atoms with Gasteiger partial charge < -0.3 is 9.16 Å². The molecule has 11 heteroatoms. The quantitative estimate of drug-likeness (QED) is 0.335. The van der Waals surface area contributed by atoms with Crippen LogP contribution in [0, 0.1) is 29.8 Å². The maximum Gasteiger partial charge on any atom is 0.353 e. The van der Waals surface area contributed by atoms with Crippen molar-refractivity contribution in [3.63, 3.8) is 0 Å². The minimum absolute atomic E-state index is 0.0703. The van der Waals surface area contributed by atoms with Gasteiger partial charge in [-0.05, 0) is 32.0 Å². The van der Waals surface area contributed by atoms with E-state index in [0.29, 0.717) is 5.69 Å². The molecule has 0 aliphatic carbocycles. The van der Waals surface area contributed by atoms with Crippen molar-refractivity contribution in [2.75, 3.05) is 13.2 Å². The van der Waals surface area contributed by atoms with Crippen molar-refractivity contribution in [2.24, 2.45) is 0 Å². The second kappa shape index (κ2) is 8.76. The van der Waals surface area contributed by atoms with Crippen LogP contribution in [-0.2, 0) is 4.43 Å². The largest absolute Gasteiger partial charge is 0.469 e. The van der Waals surface area contributed by atoms with Crippen LogP contribution in [0.25, 0.3) is 5.69 Å². The zero-order valence-corrected chi connectivity index (χ0v) is 19.3. The molecule has 0 radical (unpaired) electrons. The number of pyridine rings is 1. The molecule has 0 aliphatic heterocycles. The smallest absolute Gasteiger partial charge is 0.353 e. The van der Waals surface area contributed by atoms with Crippen LogP contribution in [-0.4, -0.2) is 47.4 Å². The first-order valence-corrected chi connectivity index (χ1v) is 12.4. The van der Waals surface area contributed by atoms with Gasteiger partial charge in [0, 0.05) is 6.07 Å². The van der Waals surface area contributed by atoms with Crippen LogP contribution < -0.4 is 4.74 Å². The van der Waals surface area contributed by atoms with Gasteiger partial charge in [-0.3, -0.25) is 15.1 Å². The lowest BCUT2D eigenvalue weighted by atomic mass is 10.2. The molecule has 0 amide bonds. The number of aromatic nitrogens is 3. The molecule has 0 saturated heterocycles. The summed E-state index contributed by atoms with van der Waals surface area (Å²) in [5, 5.41) is 15.5. The van der Waals surface area contributed by atoms with Crippen molar-refractivity contribution in [2.45, 2.75) is 58.9 Å². The summed E-state index contributed by atoms with van der Waals surface area (Å²) >= 11 is 0. The molecule has 0 bridgehead atoms. The molecule has 0 unspecified atom stereocenters. The van der Waals surface area contributed by atoms with Crippen molar-refractivity contribution in [1.82, 2.24) is 14.8 Å². The highest BCUT2D eigenvalue weighted by Crippen LogP contribution is 2.37. The van der Waals surface area contributed by atoms with Gasteiger partial charge in [0.15, 0.2) is 14.5 Å². The van der Waals surface area contributed by atoms with Crippen LogP contribution in [0.1, 0.15) is 32.2 Å². The second-order valence-corrected chi connectivity index (χ2v) is 13.5. The van der Waals surface area contributed by atoms with Crippen molar-refractivity contribution in [1.29, 1.82) is 0 Å². The number of rotatable bonds is 8. The number of ether oxygens (including phenoxy) is 1. The first-order valence-electron chi connectivity index (χ1n) is 9.52. The molecule has 2 aromatic rings. The molecule has 0 aliphatic rings. The number of alkyl halides is 1. The van der Waals surface area contributed by atoms with E-state index in [1.165, 1.54) is 17.7 Å². The zero-order valence-electron chi connectivity index (χ0n) is 18.3. The predicted octanol–water partition coefficient (Wildman–Crippen LogP) is 4.67. The van der Waals surface area contributed by atoms with Gasteiger partial charge in [-0.15, -0.1) is 5.10 Å². The number of halogens is 2. The van der Waals surface area contributed by atoms with Gasteiger partial charge in [-0.2, -0.15) is 0 Å². The van der Waals surface area contributed by atoms with Gasteiger partial charge in [0.25, 0.3) is 0 Å². The van der Waals surface area contributed by atoms with E-state index >= 15 is 0 Å².